The van der Waals surface area contributed by atoms with Gasteiger partial charge in [0.1, 0.15) is 0 Å². The maximum absolute atomic E-state index is 8.33. The van der Waals surface area contributed by atoms with Gasteiger partial charge in [-0.1, -0.05) is 0 Å². The molecular formula is CH2MgO5. The minimum Gasteiger partial charge on any atom is -0.652 e. The van der Waals surface area contributed by atoms with Gasteiger partial charge in [-0.3, -0.25) is 0 Å². The van der Waals surface area contributed by atoms with Crippen molar-refractivity contribution in [2.75, 3.05) is 0 Å². The molecule has 0 unspecified atom stereocenters. The first-order valence-corrected chi connectivity index (χ1v) is 0.612. The van der Waals surface area contributed by atoms with Crippen LogP contribution in [-0.2, 0) is 5.48 Å². The average molecular weight is 118 g/mol. The molecule has 0 aliphatic carbocycles. The fourth-order valence-electron chi connectivity index (χ4n) is 0. The minimum atomic E-state index is -2.33. The molecule has 0 saturated carbocycles. The molecule has 0 aliphatic heterocycles. The Morgan fingerprint density at radius 3 is 1.29 bits per heavy atom. The van der Waals surface area contributed by atoms with Crippen LogP contribution in [0.4, 0.5) is 4.79 Å². The topological polar surface area (TPSA) is 123 Å². The van der Waals surface area contributed by atoms with Gasteiger partial charge in [0, 0.05) is 5.48 Å². The Morgan fingerprint density at radius 2 is 1.29 bits per heavy atom. The molecule has 0 atom stereocenters. The van der Waals surface area contributed by atoms with Crippen molar-refractivity contribution in [3.05, 3.63) is 0 Å². The van der Waals surface area contributed by atoms with Crippen LogP contribution in [-0.4, -0.2) is 34.7 Å². The normalized spacial score (nSPS) is 3.43. The SMILES string of the molecule is O.O=C([O-])[O-].[Mg+2].[O]. The number of carbonyl (C=O) groups excluding carboxylic acids is 1. The van der Waals surface area contributed by atoms with Crippen molar-refractivity contribution in [2.24, 2.45) is 0 Å². The van der Waals surface area contributed by atoms with Crippen molar-refractivity contribution in [3.8, 4) is 0 Å². The van der Waals surface area contributed by atoms with Crippen LogP contribution in [0.25, 0.3) is 0 Å². The Bertz CT molecular complexity index is 31.1. The van der Waals surface area contributed by atoms with Gasteiger partial charge in [-0.25, -0.2) is 0 Å². The van der Waals surface area contributed by atoms with E-state index in [0.717, 1.165) is 0 Å². The molecule has 0 spiro atoms. The van der Waals surface area contributed by atoms with Crippen molar-refractivity contribution in [1.82, 2.24) is 0 Å². The van der Waals surface area contributed by atoms with Crippen LogP contribution in [0.5, 0.6) is 0 Å². The number of hydrogen-bond donors (Lipinski definition) is 0. The summed E-state index contributed by atoms with van der Waals surface area (Å²) in [7, 11) is 0. The quantitative estimate of drug-likeness (QED) is 0.303. The molecule has 0 aromatic carbocycles. The maximum Gasteiger partial charge on any atom is 2.00 e. The molecule has 0 rings (SSSR count). The van der Waals surface area contributed by atoms with E-state index in [4.69, 9.17) is 15.0 Å². The van der Waals surface area contributed by atoms with Crippen LogP contribution in [0.15, 0.2) is 0 Å². The Labute approximate surface area is 55.7 Å². The molecule has 0 bridgehead atoms. The summed E-state index contributed by atoms with van der Waals surface area (Å²) in [5.74, 6) is 0. The molecule has 0 saturated heterocycles. The predicted octanol–water partition coefficient (Wildman–Crippen LogP) is -3.77. The molecule has 0 fully saturated rings. The van der Waals surface area contributed by atoms with Gasteiger partial charge in [0.2, 0.25) is 0 Å². The number of hydrogen-bond acceptors (Lipinski definition) is 3. The van der Waals surface area contributed by atoms with E-state index in [-0.39, 0.29) is 34.0 Å². The first kappa shape index (κ1) is 28.2. The van der Waals surface area contributed by atoms with E-state index in [0.29, 0.717) is 0 Å². The second-order valence-electron chi connectivity index (χ2n) is 0.250. The van der Waals surface area contributed by atoms with Gasteiger partial charge < -0.3 is 20.5 Å². The number of carbonyl (C=O) groups is 1. The van der Waals surface area contributed by atoms with Crippen molar-refractivity contribution in [1.29, 1.82) is 0 Å². The average Bonchev–Trinajstić information content (AvgIpc) is 0.811. The molecule has 2 N–H and O–H groups in total. The van der Waals surface area contributed by atoms with Crippen molar-refractivity contribution in [3.63, 3.8) is 0 Å². The summed E-state index contributed by atoms with van der Waals surface area (Å²) in [4.78, 5) is 8.33. The predicted molar refractivity (Wildman–Crippen MR) is 15.5 cm³/mol. The fraction of sp³-hybridized carbons (Fsp3) is 0. The van der Waals surface area contributed by atoms with E-state index in [1.165, 1.54) is 0 Å². The molecule has 38 valence electrons. The molecule has 0 aromatic heterocycles. The maximum atomic E-state index is 8.33. The van der Waals surface area contributed by atoms with E-state index in [1.54, 1.807) is 0 Å². The Balaban J connectivity index is -0.0000000150. The Hall–Kier alpha value is -0.0438. The second-order valence-corrected chi connectivity index (χ2v) is 0.250. The summed E-state index contributed by atoms with van der Waals surface area (Å²) < 4.78 is 0. The van der Waals surface area contributed by atoms with Gasteiger partial charge in [0.05, 0.1) is 0 Å². The molecule has 7 heavy (non-hydrogen) atoms. The Morgan fingerprint density at radius 1 is 1.29 bits per heavy atom. The molecule has 2 radical (unpaired) electrons. The van der Waals surface area contributed by atoms with E-state index in [2.05, 4.69) is 0 Å². The van der Waals surface area contributed by atoms with Crippen molar-refractivity contribution < 1.29 is 26.0 Å². The zero-order chi connectivity index (χ0) is 3.58. The van der Waals surface area contributed by atoms with Crippen molar-refractivity contribution in [2.45, 2.75) is 0 Å². The van der Waals surface area contributed by atoms with E-state index >= 15 is 0 Å². The van der Waals surface area contributed by atoms with Crippen LogP contribution in [0.1, 0.15) is 0 Å². The van der Waals surface area contributed by atoms with Crippen LogP contribution in [0, 0.1) is 0 Å². The third kappa shape index (κ3) is 48700. The zero-order valence-corrected chi connectivity index (χ0v) is 4.75. The van der Waals surface area contributed by atoms with Gasteiger partial charge in [0.25, 0.3) is 0 Å². The van der Waals surface area contributed by atoms with Crippen LogP contribution in [0.2, 0.25) is 0 Å². The fourth-order valence-corrected chi connectivity index (χ4v) is 0. The standard InChI is InChI=1S/CH2O3.Mg.H2O.O/c2-1(3)4;;;/h(H2,2,3,4);;1H2;/q;+2;;/p-2. The number of rotatable bonds is 0. The number of carboxylic acid groups (broad SMARTS) is 2. The Kier molecular flexibility index (Phi) is 67.5. The van der Waals surface area contributed by atoms with Crippen LogP contribution in [0.3, 0.4) is 0 Å². The minimum absolute atomic E-state index is 0. The molecule has 5 nitrogen and oxygen atoms in total. The monoisotopic (exact) mass is 118 g/mol. The third-order valence-corrected chi connectivity index (χ3v) is 0. The first-order chi connectivity index (χ1) is 1.73. The van der Waals surface area contributed by atoms with Crippen molar-refractivity contribution >= 4 is 29.2 Å². The second kappa shape index (κ2) is 16.7. The summed E-state index contributed by atoms with van der Waals surface area (Å²) in [5.41, 5.74) is 0. The van der Waals surface area contributed by atoms with Gasteiger partial charge in [-0.2, -0.15) is 0 Å². The summed E-state index contributed by atoms with van der Waals surface area (Å²) in [6.45, 7) is 0. The molecule has 0 amide bonds. The molecule has 0 aliphatic rings. The summed E-state index contributed by atoms with van der Waals surface area (Å²) in [6, 6.07) is 0. The smallest absolute Gasteiger partial charge is 0.652 e. The third-order valence-electron chi connectivity index (χ3n) is 0. The van der Waals surface area contributed by atoms with Gasteiger partial charge in [0.15, 0.2) is 0 Å². The van der Waals surface area contributed by atoms with E-state index < -0.39 is 6.16 Å². The van der Waals surface area contributed by atoms with Crippen LogP contribution >= 0.6 is 0 Å². The largest absolute Gasteiger partial charge is 2.00 e. The first-order valence-electron chi connectivity index (χ1n) is 0.612. The van der Waals surface area contributed by atoms with Crippen LogP contribution < -0.4 is 10.2 Å². The molecule has 0 heterocycles. The van der Waals surface area contributed by atoms with Gasteiger partial charge in [-0.05, 0) is 6.16 Å². The van der Waals surface area contributed by atoms with E-state index in [9.17, 15) is 0 Å². The summed E-state index contributed by atoms with van der Waals surface area (Å²) >= 11 is 0. The van der Waals surface area contributed by atoms with E-state index in [1.807, 2.05) is 0 Å². The molecule has 6 heteroatoms. The summed E-state index contributed by atoms with van der Waals surface area (Å²) in [5, 5.41) is 16.7. The van der Waals surface area contributed by atoms with Gasteiger partial charge >= 0.3 is 23.1 Å². The molecular weight excluding hydrogens is 116 g/mol. The van der Waals surface area contributed by atoms with Gasteiger partial charge in [-0.15, -0.1) is 0 Å². The summed E-state index contributed by atoms with van der Waals surface area (Å²) in [6.07, 6.45) is -2.33. The zero-order valence-electron chi connectivity index (χ0n) is 3.34. The molecule has 0 aromatic rings.